The lowest BCUT2D eigenvalue weighted by molar-refractivity contribution is -0.200. The summed E-state index contributed by atoms with van der Waals surface area (Å²) >= 11 is 0. The van der Waals surface area contributed by atoms with Crippen molar-refractivity contribution >= 4 is 19.0 Å². The molecule has 11 heteroatoms. The van der Waals surface area contributed by atoms with Crippen LogP contribution in [0.3, 0.4) is 0 Å². The summed E-state index contributed by atoms with van der Waals surface area (Å²) in [5.74, 6) is -0.0565. The minimum atomic E-state index is -3.67. The third-order valence-corrected chi connectivity index (χ3v) is 7.39. The summed E-state index contributed by atoms with van der Waals surface area (Å²) < 4.78 is 47.2. The third-order valence-electron chi connectivity index (χ3n) is 5.68. The fourth-order valence-electron chi connectivity index (χ4n) is 3.83. The largest absolute Gasteiger partial charge is 0.431 e. The Morgan fingerprint density at radius 3 is 2.79 bits per heavy atom. The molecule has 1 unspecified atom stereocenters. The van der Waals surface area contributed by atoms with Crippen LogP contribution in [-0.4, -0.2) is 58.7 Å². The molecule has 186 valence electrons. The van der Waals surface area contributed by atoms with Gasteiger partial charge in [-0.25, -0.2) is 9.36 Å². The van der Waals surface area contributed by atoms with Gasteiger partial charge >= 0.3 is 6.11 Å². The van der Waals surface area contributed by atoms with Crippen LogP contribution in [0.2, 0.25) is 25.7 Å². The van der Waals surface area contributed by atoms with Gasteiger partial charge in [-0.2, -0.15) is 19.0 Å². The Morgan fingerprint density at radius 2 is 2.09 bits per heavy atom. The molecule has 2 aromatic heterocycles. The van der Waals surface area contributed by atoms with Gasteiger partial charge in [0.25, 0.3) is 0 Å². The van der Waals surface area contributed by atoms with Crippen LogP contribution in [0.15, 0.2) is 30.6 Å². The van der Waals surface area contributed by atoms with Crippen molar-refractivity contribution in [2.45, 2.75) is 64.0 Å². The number of nitrogens with zero attached hydrogens (tertiary/aromatic N) is 4. The van der Waals surface area contributed by atoms with E-state index in [1.807, 2.05) is 6.20 Å². The number of fused-ring (bicyclic) bond motifs is 1. The van der Waals surface area contributed by atoms with Crippen molar-refractivity contribution in [1.29, 1.82) is 0 Å². The van der Waals surface area contributed by atoms with E-state index >= 15 is 0 Å². The summed E-state index contributed by atoms with van der Waals surface area (Å²) in [7, 11) is -1.17. The Morgan fingerprint density at radius 1 is 1.26 bits per heavy atom. The second kappa shape index (κ2) is 10.1. The fourth-order valence-corrected chi connectivity index (χ4v) is 4.59. The molecule has 34 heavy (non-hydrogen) atoms. The maximum atomic E-state index is 13.6. The number of hydrogen-bond acceptors (Lipinski definition) is 6. The summed E-state index contributed by atoms with van der Waals surface area (Å²) in [6.45, 7) is 7.15. The smallest absolute Gasteiger partial charge is 0.421 e. The molecule has 0 aliphatic carbocycles. The lowest BCUT2D eigenvalue weighted by Gasteiger charge is -2.23. The molecule has 0 saturated carbocycles. The maximum absolute atomic E-state index is 13.6. The van der Waals surface area contributed by atoms with Crippen molar-refractivity contribution in [3.8, 4) is 17.0 Å². The van der Waals surface area contributed by atoms with Gasteiger partial charge in [0.2, 0.25) is 0 Å². The van der Waals surface area contributed by atoms with Gasteiger partial charge in [-0.15, -0.1) is 0 Å². The monoisotopic (exact) mass is 494 g/mol. The van der Waals surface area contributed by atoms with Gasteiger partial charge in [0, 0.05) is 38.4 Å². The highest BCUT2D eigenvalue weighted by molar-refractivity contribution is 6.76. The molecule has 3 heterocycles. The van der Waals surface area contributed by atoms with Crippen molar-refractivity contribution in [2.24, 2.45) is 0 Å². The van der Waals surface area contributed by atoms with Crippen LogP contribution in [0.1, 0.15) is 25.5 Å². The number of aliphatic hydroxyl groups is 1. The molecule has 1 atom stereocenters. The van der Waals surface area contributed by atoms with E-state index in [4.69, 9.17) is 24.4 Å². The number of benzene rings is 1. The zero-order chi connectivity index (χ0) is 24.3. The Hall–Kier alpha value is -2.34. The van der Waals surface area contributed by atoms with Crippen molar-refractivity contribution < 1.29 is 28.1 Å². The van der Waals surface area contributed by atoms with Gasteiger partial charge in [-0.3, -0.25) is 0 Å². The first-order valence-corrected chi connectivity index (χ1v) is 15.3. The molecule has 1 fully saturated rings. The lowest BCUT2D eigenvalue weighted by Crippen LogP contribution is -2.29. The Labute approximate surface area is 198 Å². The number of hydrogen-bond donors (Lipinski definition) is 1. The van der Waals surface area contributed by atoms with Gasteiger partial charge in [-0.05, 0) is 43.5 Å². The molecular formula is C23H32F2N4O4Si. The molecule has 8 nitrogen and oxygen atoms in total. The van der Waals surface area contributed by atoms with Crippen molar-refractivity contribution in [1.82, 2.24) is 19.6 Å². The van der Waals surface area contributed by atoms with E-state index in [-0.39, 0.29) is 12.0 Å². The summed E-state index contributed by atoms with van der Waals surface area (Å²) in [5.41, 5.74) is 2.08. The minimum absolute atomic E-state index is 0.0565. The van der Waals surface area contributed by atoms with Crippen LogP contribution >= 0.6 is 0 Å². The number of aromatic nitrogens is 4. The standard InChI is InChI=1S/C23H32F2N4O4Si/c1-34(2,3)11-10-31-16-28-14-17(13-26-28)22-19-12-18(33-23(24,25)15-30)7-8-20(19)29(27-22)21-6-4-5-9-32-21/h7-8,12-14,21,30H,4-6,9-11,15-16H2,1-3H3. The molecular weight excluding hydrogens is 462 g/mol. The molecule has 1 aliphatic heterocycles. The predicted molar refractivity (Wildman–Crippen MR) is 127 cm³/mol. The molecule has 3 aromatic rings. The number of halogens is 2. The maximum Gasteiger partial charge on any atom is 0.421 e. The first-order chi connectivity index (χ1) is 16.1. The molecule has 1 aliphatic rings. The van der Waals surface area contributed by atoms with Crippen LogP contribution < -0.4 is 4.74 Å². The molecule has 4 rings (SSSR count). The van der Waals surface area contributed by atoms with Crippen LogP contribution in [0, 0.1) is 0 Å². The number of aliphatic hydroxyl groups excluding tert-OH is 1. The van der Waals surface area contributed by atoms with E-state index in [2.05, 4.69) is 24.7 Å². The quantitative estimate of drug-likeness (QED) is 0.320. The average Bonchev–Trinajstić information content (AvgIpc) is 3.41. The fraction of sp³-hybridized carbons (Fsp3) is 0.565. The van der Waals surface area contributed by atoms with Crippen LogP contribution in [0.4, 0.5) is 8.78 Å². The molecule has 1 aromatic carbocycles. The van der Waals surface area contributed by atoms with E-state index in [1.165, 1.54) is 12.1 Å². The second-order valence-corrected chi connectivity index (χ2v) is 15.4. The first kappa shape index (κ1) is 24.8. The van der Waals surface area contributed by atoms with Gasteiger partial charge in [0.1, 0.15) is 24.8 Å². The Kier molecular flexibility index (Phi) is 7.36. The third kappa shape index (κ3) is 6.01. The van der Waals surface area contributed by atoms with Gasteiger partial charge < -0.3 is 19.3 Å². The van der Waals surface area contributed by atoms with Gasteiger partial charge in [-0.1, -0.05) is 19.6 Å². The number of ether oxygens (including phenoxy) is 3. The molecule has 1 saturated heterocycles. The highest BCUT2D eigenvalue weighted by Crippen LogP contribution is 2.35. The van der Waals surface area contributed by atoms with Crippen LogP contribution in [0.25, 0.3) is 22.2 Å². The number of alkyl halides is 2. The average molecular weight is 495 g/mol. The highest BCUT2D eigenvalue weighted by Gasteiger charge is 2.31. The van der Waals surface area contributed by atoms with Gasteiger partial charge in [0.05, 0.1) is 11.7 Å². The topological polar surface area (TPSA) is 83.6 Å². The van der Waals surface area contributed by atoms with Crippen molar-refractivity contribution in [2.75, 3.05) is 19.8 Å². The predicted octanol–water partition coefficient (Wildman–Crippen LogP) is 4.88. The first-order valence-electron chi connectivity index (χ1n) is 11.6. The summed E-state index contributed by atoms with van der Waals surface area (Å²) in [5, 5.41) is 18.7. The van der Waals surface area contributed by atoms with Gasteiger partial charge in [0.15, 0.2) is 6.23 Å². The highest BCUT2D eigenvalue weighted by atomic mass is 28.3. The summed E-state index contributed by atoms with van der Waals surface area (Å²) in [4.78, 5) is 0. The normalized spacial score (nSPS) is 17.4. The Bertz CT molecular complexity index is 1110. The number of rotatable bonds is 10. The molecule has 0 radical (unpaired) electrons. The van der Waals surface area contributed by atoms with E-state index in [1.54, 1.807) is 21.6 Å². The Balaban J connectivity index is 1.63. The summed E-state index contributed by atoms with van der Waals surface area (Å²) in [6, 6.07) is 5.73. The molecule has 0 bridgehead atoms. The van der Waals surface area contributed by atoms with E-state index in [0.717, 1.165) is 36.4 Å². The molecule has 1 N–H and O–H groups in total. The second-order valence-electron chi connectivity index (χ2n) is 9.81. The van der Waals surface area contributed by atoms with Crippen LogP contribution in [0.5, 0.6) is 5.75 Å². The zero-order valence-electron chi connectivity index (χ0n) is 19.8. The van der Waals surface area contributed by atoms with E-state index in [9.17, 15) is 8.78 Å². The molecule has 0 amide bonds. The minimum Gasteiger partial charge on any atom is -0.431 e. The summed E-state index contributed by atoms with van der Waals surface area (Å²) in [6.07, 6.45) is 2.47. The SMILES string of the molecule is C[Si](C)(C)CCOCn1cc(-c2nn(C3CCCCO3)c3ccc(OC(F)(F)CO)cc23)cn1. The zero-order valence-corrected chi connectivity index (χ0v) is 20.8. The molecule has 0 spiro atoms. The van der Waals surface area contributed by atoms with E-state index in [0.29, 0.717) is 31.0 Å². The van der Waals surface area contributed by atoms with Crippen LogP contribution in [-0.2, 0) is 16.2 Å². The van der Waals surface area contributed by atoms with E-state index < -0.39 is 20.8 Å². The lowest BCUT2D eigenvalue weighted by atomic mass is 10.1. The van der Waals surface area contributed by atoms with Crippen molar-refractivity contribution in [3.63, 3.8) is 0 Å². The van der Waals surface area contributed by atoms with Crippen molar-refractivity contribution in [3.05, 3.63) is 30.6 Å².